The second-order valence-electron chi connectivity index (χ2n) is 9.42. The summed E-state index contributed by atoms with van der Waals surface area (Å²) in [6.45, 7) is 1.72. The highest BCUT2D eigenvalue weighted by molar-refractivity contribution is 6.10. The van der Waals surface area contributed by atoms with Gasteiger partial charge < -0.3 is 15.3 Å². The Balaban J connectivity index is 1.56. The third-order valence-corrected chi connectivity index (χ3v) is 6.93. The molecule has 9 nitrogen and oxygen atoms in total. The van der Waals surface area contributed by atoms with Gasteiger partial charge in [0.1, 0.15) is 11.7 Å². The highest BCUT2D eigenvalue weighted by Gasteiger charge is 2.44. The van der Waals surface area contributed by atoms with Crippen molar-refractivity contribution >= 4 is 40.7 Å². The van der Waals surface area contributed by atoms with Gasteiger partial charge in [-0.05, 0) is 62.2 Å². The second-order valence-corrected chi connectivity index (χ2v) is 9.42. The number of carbonyl (C=O) groups excluding carboxylic acids is 1. The highest BCUT2D eigenvalue weighted by Crippen LogP contribution is 2.44. The lowest BCUT2D eigenvalue weighted by atomic mass is 9.89. The monoisotopic (exact) mass is 518 g/mol. The molecule has 2 N–H and O–H groups in total. The number of nitriles is 1. The van der Waals surface area contributed by atoms with Crippen molar-refractivity contribution in [2.24, 2.45) is 0 Å². The number of halogens is 2. The summed E-state index contributed by atoms with van der Waals surface area (Å²) in [5.74, 6) is -3.44. The Kier molecular flexibility index (Phi) is 6.40. The van der Waals surface area contributed by atoms with Gasteiger partial charge in [-0.1, -0.05) is 6.07 Å². The van der Waals surface area contributed by atoms with E-state index in [1.807, 2.05) is 0 Å². The van der Waals surface area contributed by atoms with Crippen molar-refractivity contribution in [2.75, 3.05) is 15.1 Å². The maximum absolute atomic E-state index is 14.0. The largest absolute Gasteiger partial charge is 0.478 e. The van der Waals surface area contributed by atoms with Crippen LogP contribution >= 0.6 is 0 Å². The molecule has 2 aliphatic rings. The van der Waals surface area contributed by atoms with Gasteiger partial charge >= 0.3 is 5.97 Å². The Morgan fingerprint density at radius 2 is 1.89 bits per heavy atom. The predicted octanol–water partition coefficient (Wildman–Crippen LogP) is 5.24. The zero-order chi connectivity index (χ0) is 27.0. The molecule has 1 fully saturated rings. The van der Waals surface area contributed by atoms with Gasteiger partial charge in [0.2, 0.25) is 11.9 Å². The number of aromatic nitrogens is 2. The maximum Gasteiger partial charge on any atom is 0.335 e. The normalized spacial score (nSPS) is 19.0. The molecule has 2 heterocycles. The summed E-state index contributed by atoms with van der Waals surface area (Å²) in [6, 6.07) is 13.7. The Morgan fingerprint density at radius 1 is 1.18 bits per heavy atom. The topological polar surface area (TPSA) is 122 Å². The average Bonchev–Trinajstić information content (AvgIpc) is 2.90. The quantitative estimate of drug-likeness (QED) is 0.470. The number of hydrogen-bond donors (Lipinski definition) is 2. The summed E-state index contributed by atoms with van der Waals surface area (Å²) in [7, 11) is 0. The van der Waals surface area contributed by atoms with Crippen LogP contribution in [0.2, 0.25) is 0 Å². The first kappa shape index (κ1) is 25.1. The molecule has 2 aromatic carbocycles. The lowest BCUT2D eigenvalue weighted by molar-refractivity contribution is -0.119. The number of nitrogens with one attached hydrogen (secondary N) is 1. The van der Waals surface area contributed by atoms with Crippen LogP contribution in [0, 0.1) is 11.3 Å². The maximum atomic E-state index is 14.0. The van der Waals surface area contributed by atoms with E-state index in [1.54, 1.807) is 48.2 Å². The van der Waals surface area contributed by atoms with Crippen LogP contribution in [0.3, 0.4) is 0 Å². The number of carboxylic acid groups (broad SMARTS) is 1. The predicted molar refractivity (Wildman–Crippen MR) is 136 cm³/mol. The first-order valence-corrected chi connectivity index (χ1v) is 12.1. The van der Waals surface area contributed by atoms with Crippen LogP contribution in [0.5, 0.6) is 0 Å². The fourth-order valence-electron chi connectivity index (χ4n) is 4.98. The third kappa shape index (κ3) is 4.72. The van der Waals surface area contributed by atoms with E-state index in [0.29, 0.717) is 28.4 Å². The number of carboxylic acids is 1. The molecule has 0 radical (unpaired) electrons. The molecule has 1 atom stereocenters. The molecule has 1 aromatic heterocycles. The van der Waals surface area contributed by atoms with Crippen LogP contribution in [0.4, 0.5) is 37.6 Å². The van der Waals surface area contributed by atoms with Gasteiger partial charge in [0.05, 0.1) is 29.1 Å². The van der Waals surface area contributed by atoms with Gasteiger partial charge in [-0.3, -0.25) is 9.69 Å². The van der Waals surface area contributed by atoms with E-state index in [0.717, 1.165) is 0 Å². The van der Waals surface area contributed by atoms with Crippen molar-refractivity contribution in [3.05, 3.63) is 65.9 Å². The molecule has 1 aliphatic heterocycles. The first-order valence-electron chi connectivity index (χ1n) is 12.1. The van der Waals surface area contributed by atoms with Crippen LogP contribution in [0.15, 0.2) is 54.7 Å². The Labute approximate surface area is 217 Å². The highest BCUT2D eigenvalue weighted by atomic mass is 19.3. The van der Waals surface area contributed by atoms with Crippen molar-refractivity contribution < 1.29 is 23.5 Å². The van der Waals surface area contributed by atoms with Crippen molar-refractivity contribution in [2.45, 2.75) is 50.6 Å². The summed E-state index contributed by atoms with van der Waals surface area (Å²) in [4.78, 5) is 37.2. The molecule has 0 saturated heterocycles. The van der Waals surface area contributed by atoms with Crippen molar-refractivity contribution in [3.63, 3.8) is 0 Å². The number of carbonyl (C=O) groups is 2. The van der Waals surface area contributed by atoms with Gasteiger partial charge in [-0.15, -0.1) is 0 Å². The minimum Gasteiger partial charge on any atom is -0.478 e. The molecule has 38 heavy (non-hydrogen) atoms. The standard InChI is InChI=1S/C27H24F2N6O3/c1-16-24(36)35(21-4-2-3-17(13-21)14-30)22-15-31-26(32-19-7-5-18(6-8-19)25(37)38)33-23(22)34(16)20-9-11-27(28,29)12-10-20/h2-8,13,15-16,20H,9-12H2,1H3,(H,37,38)(H,31,32,33)/t16-/m1/s1. The molecule has 3 aromatic rings. The second kappa shape index (κ2) is 9.70. The van der Waals surface area contributed by atoms with Crippen molar-refractivity contribution in [1.29, 1.82) is 5.26 Å². The van der Waals surface area contributed by atoms with E-state index in [9.17, 15) is 23.6 Å². The zero-order valence-electron chi connectivity index (χ0n) is 20.4. The van der Waals surface area contributed by atoms with Gasteiger partial charge in [0.25, 0.3) is 5.91 Å². The molecule has 5 rings (SSSR count). The molecule has 1 aliphatic carbocycles. The third-order valence-electron chi connectivity index (χ3n) is 6.93. The number of rotatable bonds is 5. The Morgan fingerprint density at radius 3 is 2.55 bits per heavy atom. The number of alkyl halides is 2. The van der Waals surface area contributed by atoms with E-state index in [1.165, 1.54) is 23.2 Å². The van der Waals surface area contributed by atoms with Crippen LogP contribution in [-0.4, -0.2) is 45.0 Å². The summed E-state index contributed by atoms with van der Waals surface area (Å²) in [5, 5.41) is 21.5. The number of anilines is 5. The van der Waals surface area contributed by atoms with Crippen LogP contribution in [0.25, 0.3) is 0 Å². The summed E-state index contributed by atoms with van der Waals surface area (Å²) in [6.07, 6.45) is 1.35. The lowest BCUT2D eigenvalue weighted by Crippen LogP contribution is -2.56. The number of amides is 1. The fraction of sp³-hybridized carbons (Fsp3) is 0.296. The van der Waals surface area contributed by atoms with Gasteiger partial charge in [-0.25, -0.2) is 18.6 Å². The molecule has 1 amide bonds. The van der Waals surface area contributed by atoms with E-state index < -0.39 is 17.9 Å². The van der Waals surface area contributed by atoms with Crippen LogP contribution in [-0.2, 0) is 4.79 Å². The lowest BCUT2D eigenvalue weighted by Gasteiger charge is -2.46. The fourth-order valence-corrected chi connectivity index (χ4v) is 4.98. The Bertz CT molecular complexity index is 1430. The molecule has 0 unspecified atom stereocenters. The number of hydrogen-bond acceptors (Lipinski definition) is 7. The first-order chi connectivity index (χ1) is 18.2. The minimum atomic E-state index is -2.73. The van der Waals surface area contributed by atoms with E-state index in [-0.39, 0.29) is 49.1 Å². The Hall–Kier alpha value is -4.59. The van der Waals surface area contributed by atoms with Crippen LogP contribution < -0.4 is 15.1 Å². The molecule has 194 valence electrons. The summed E-state index contributed by atoms with van der Waals surface area (Å²) in [5.41, 5.74) is 1.92. The van der Waals surface area contributed by atoms with Crippen LogP contribution in [0.1, 0.15) is 48.5 Å². The zero-order valence-corrected chi connectivity index (χ0v) is 20.4. The summed E-state index contributed by atoms with van der Waals surface area (Å²) >= 11 is 0. The molecular formula is C27H24F2N6O3. The average molecular weight is 519 g/mol. The van der Waals surface area contributed by atoms with Crippen molar-refractivity contribution in [3.8, 4) is 6.07 Å². The smallest absolute Gasteiger partial charge is 0.335 e. The molecule has 0 spiro atoms. The van der Waals surface area contributed by atoms with Gasteiger partial charge in [0.15, 0.2) is 5.82 Å². The van der Waals surface area contributed by atoms with Crippen molar-refractivity contribution in [1.82, 2.24) is 9.97 Å². The van der Waals surface area contributed by atoms with E-state index in [2.05, 4.69) is 16.4 Å². The molecule has 11 heteroatoms. The molecule has 1 saturated carbocycles. The van der Waals surface area contributed by atoms with Gasteiger partial charge in [0, 0.05) is 24.6 Å². The number of nitrogens with zero attached hydrogens (tertiary/aromatic N) is 5. The van der Waals surface area contributed by atoms with E-state index >= 15 is 0 Å². The number of aromatic carboxylic acids is 1. The van der Waals surface area contributed by atoms with E-state index in [4.69, 9.17) is 10.1 Å². The van der Waals surface area contributed by atoms with Gasteiger partial charge in [-0.2, -0.15) is 10.2 Å². The molecular weight excluding hydrogens is 494 g/mol. The summed E-state index contributed by atoms with van der Waals surface area (Å²) < 4.78 is 27.9. The number of benzene rings is 2. The molecule has 0 bridgehead atoms. The number of fused-ring (bicyclic) bond motifs is 1. The SMILES string of the molecule is C[C@@H]1C(=O)N(c2cccc(C#N)c2)c2cnc(Nc3ccc(C(=O)O)cc3)nc2N1C1CCC(F)(F)CC1. The minimum absolute atomic E-state index is 0.129.